The minimum absolute atomic E-state index is 0.00551. The maximum absolute atomic E-state index is 13.3. The third kappa shape index (κ3) is 5.97. The second-order valence-corrected chi connectivity index (χ2v) is 7.53. The van der Waals surface area contributed by atoms with Crippen molar-refractivity contribution in [3.63, 3.8) is 0 Å². The molecule has 0 bridgehead atoms. The number of halogens is 1. The van der Waals surface area contributed by atoms with Gasteiger partial charge in [-0.1, -0.05) is 12.1 Å². The Morgan fingerprint density at radius 2 is 2.08 bits per heavy atom. The minimum Gasteiger partial charge on any atom is -0.387 e. The van der Waals surface area contributed by atoms with Crippen LogP contribution in [0.2, 0.25) is 0 Å². The number of rotatable bonds is 6. The summed E-state index contributed by atoms with van der Waals surface area (Å²) in [7, 11) is 1.66. The van der Waals surface area contributed by atoms with E-state index >= 15 is 0 Å². The number of hydrogen-bond donors (Lipinski definition) is 3. The molecule has 3 N–H and O–H groups in total. The molecule has 5 nitrogen and oxygen atoms in total. The van der Waals surface area contributed by atoms with E-state index in [2.05, 4.69) is 24.5 Å². The monoisotopic (exact) mass is 351 g/mol. The summed E-state index contributed by atoms with van der Waals surface area (Å²) in [5, 5.41) is 16.3. The molecule has 2 rings (SSSR count). The van der Waals surface area contributed by atoms with Crippen LogP contribution in [-0.2, 0) is 0 Å². The average Bonchev–Trinajstić information content (AvgIpc) is 2.59. The van der Waals surface area contributed by atoms with Crippen LogP contribution in [0, 0.1) is 11.7 Å². The lowest BCUT2D eigenvalue weighted by Crippen LogP contribution is -2.47. The molecule has 140 valence electrons. The molecule has 25 heavy (non-hydrogen) atoms. The van der Waals surface area contributed by atoms with Crippen LogP contribution in [-0.4, -0.2) is 48.3 Å². The zero-order chi connectivity index (χ0) is 18.4. The highest BCUT2D eigenvalue weighted by Gasteiger charge is 2.28. The molecular weight excluding hydrogens is 321 g/mol. The Labute approximate surface area is 149 Å². The second kappa shape index (κ2) is 8.63. The number of nitrogens with one attached hydrogen (secondary N) is 2. The van der Waals surface area contributed by atoms with E-state index in [4.69, 9.17) is 0 Å². The Morgan fingerprint density at radius 1 is 1.40 bits per heavy atom. The highest BCUT2D eigenvalue weighted by molar-refractivity contribution is 5.73. The van der Waals surface area contributed by atoms with E-state index in [1.54, 1.807) is 19.2 Å². The second-order valence-electron chi connectivity index (χ2n) is 7.53. The molecule has 0 spiro atoms. The Hall–Kier alpha value is -1.66. The number of benzene rings is 1. The molecule has 0 aromatic heterocycles. The van der Waals surface area contributed by atoms with Crippen molar-refractivity contribution >= 4 is 6.03 Å². The molecule has 0 saturated carbocycles. The zero-order valence-corrected chi connectivity index (χ0v) is 15.4. The quantitative estimate of drug-likeness (QED) is 0.738. The maximum Gasteiger partial charge on any atom is 0.317 e. The molecule has 1 aliphatic rings. The summed E-state index contributed by atoms with van der Waals surface area (Å²) >= 11 is 0. The molecule has 1 aliphatic heterocycles. The van der Waals surface area contributed by atoms with Crippen molar-refractivity contribution in [1.29, 1.82) is 0 Å². The van der Waals surface area contributed by atoms with Crippen LogP contribution in [0.25, 0.3) is 0 Å². The fourth-order valence-electron chi connectivity index (χ4n) is 3.50. The van der Waals surface area contributed by atoms with Crippen molar-refractivity contribution < 1.29 is 14.3 Å². The first kappa shape index (κ1) is 19.7. The van der Waals surface area contributed by atoms with Crippen molar-refractivity contribution in [3.05, 3.63) is 35.6 Å². The van der Waals surface area contributed by atoms with Gasteiger partial charge in [0.1, 0.15) is 5.82 Å². The molecule has 0 aliphatic carbocycles. The van der Waals surface area contributed by atoms with Gasteiger partial charge in [-0.05, 0) is 56.7 Å². The molecule has 1 heterocycles. The lowest BCUT2D eigenvalue weighted by atomic mass is 9.84. The predicted octanol–water partition coefficient (Wildman–Crippen LogP) is 2.67. The van der Waals surface area contributed by atoms with E-state index < -0.39 is 6.10 Å². The van der Waals surface area contributed by atoms with Crippen molar-refractivity contribution in [1.82, 2.24) is 15.5 Å². The molecule has 0 radical (unpaired) electrons. The number of aliphatic hydroxyl groups excluding tert-OH is 1. The largest absolute Gasteiger partial charge is 0.387 e. The van der Waals surface area contributed by atoms with Gasteiger partial charge in [-0.25, -0.2) is 9.18 Å². The first-order chi connectivity index (χ1) is 11.8. The van der Waals surface area contributed by atoms with Crippen LogP contribution in [0.1, 0.15) is 44.8 Å². The lowest BCUT2D eigenvalue weighted by Gasteiger charge is -2.37. The number of carbonyl (C=O) groups is 1. The molecule has 1 aromatic rings. The lowest BCUT2D eigenvalue weighted by molar-refractivity contribution is 0.139. The van der Waals surface area contributed by atoms with Gasteiger partial charge in [0.05, 0.1) is 6.10 Å². The van der Waals surface area contributed by atoms with E-state index in [1.807, 2.05) is 4.90 Å². The van der Waals surface area contributed by atoms with E-state index in [0.717, 1.165) is 32.4 Å². The molecule has 0 unspecified atom stereocenters. The van der Waals surface area contributed by atoms with Gasteiger partial charge in [-0.15, -0.1) is 0 Å². The number of urea groups is 1. The van der Waals surface area contributed by atoms with Crippen molar-refractivity contribution in [2.75, 3.05) is 26.7 Å². The molecule has 2 amide bonds. The SMILES string of the molecule is CNC(=O)N1CCC(CC(C)(C)NC[C@H](O)c2cccc(F)c2)CC1. The van der Waals surface area contributed by atoms with Crippen LogP contribution < -0.4 is 10.6 Å². The topological polar surface area (TPSA) is 64.6 Å². The molecule has 1 aromatic carbocycles. The highest BCUT2D eigenvalue weighted by Crippen LogP contribution is 2.27. The molecule has 1 saturated heterocycles. The normalized spacial score (nSPS) is 17.4. The van der Waals surface area contributed by atoms with Gasteiger partial charge in [0.15, 0.2) is 0 Å². The molecular formula is C19H30FN3O2. The van der Waals surface area contributed by atoms with Gasteiger partial charge in [-0.2, -0.15) is 0 Å². The number of amides is 2. The van der Waals surface area contributed by atoms with E-state index in [-0.39, 0.29) is 17.4 Å². The number of carbonyl (C=O) groups excluding carboxylic acids is 1. The fourth-order valence-corrected chi connectivity index (χ4v) is 3.50. The Bertz CT molecular complexity index is 572. The summed E-state index contributed by atoms with van der Waals surface area (Å²) in [6.07, 6.45) is 2.23. The van der Waals surface area contributed by atoms with Crippen LogP contribution in [0.5, 0.6) is 0 Å². The minimum atomic E-state index is -0.731. The Morgan fingerprint density at radius 3 is 2.68 bits per heavy atom. The van der Waals surface area contributed by atoms with Gasteiger partial charge >= 0.3 is 6.03 Å². The number of nitrogens with zero attached hydrogens (tertiary/aromatic N) is 1. The van der Waals surface area contributed by atoms with Crippen molar-refractivity contribution in [2.24, 2.45) is 5.92 Å². The van der Waals surface area contributed by atoms with Crippen LogP contribution in [0.15, 0.2) is 24.3 Å². The van der Waals surface area contributed by atoms with Gasteiger partial charge in [0, 0.05) is 32.2 Å². The third-order valence-electron chi connectivity index (χ3n) is 4.92. The summed E-state index contributed by atoms with van der Waals surface area (Å²) in [5.74, 6) is 0.216. The maximum atomic E-state index is 13.3. The van der Waals surface area contributed by atoms with Crippen LogP contribution in [0.3, 0.4) is 0 Å². The Kier molecular flexibility index (Phi) is 6.79. The number of hydrogen-bond acceptors (Lipinski definition) is 3. The fraction of sp³-hybridized carbons (Fsp3) is 0.632. The van der Waals surface area contributed by atoms with Gasteiger partial charge in [0.2, 0.25) is 0 Å². The highest BCUT2D eigenvalue weighted by atomic mass is 19.1. The molecule has 6 heteroatoms. The van der Waals surface area contributed by atoms with Gasteiger partial charge in [-0.3, -0.25) is 0 Å². The average molecular weight is 351 g/mol. The zero-order valence-electron chi connectivity index (χ0n) is 15.4. The first-order valence-corrected chi connectivity index (χ1v) is 8.96. The summed E-state index contributed by atoms with van der Waals surface area (Å²) in [6.45, 7) is 6.19. The number of likely N-dealkylation sites (tertiary alicyclic amines) is 1. The van der Waals surface area contributed by atoms with E-state index in [1.165, 1.54) is 12.1 Å². The van der Waals surface area contributed by atoms with Crippen molar-refractivity contribution in [2.45, 2.75) is 44.8 Å². The smallest absolute Gasteiger partial charge is 0.317 e. The van der Waals surface area contributed by atoms with Crippen molar-refractivity contribution in [3.8, 4) is 0 Å². The van der Waals surface area contributed by atoms with E-state index in [9.17, 15) is 14.3 Å². The van der Waals surface area contributed by atoms with Crippen LogP contribution in [0.4, 0.5) is 9.18 Å². The van der Waals surface area contributed by atoms with Gasteiger partial charge < -0.3 is 20.6 Å². The summed E-state index contributed by atoms with van der Waals surface area (Å²) in [6, 6.07) is 6.08. The predicted molar refractivity (Wildman–Crippen MR) is 96.8 cm³/mol. The van der Waals surface area contributed by atoms with E-state index in [0.29, 0.717) is 18.0 Å². The molecule has 1 atom stereocenters. The van der Waals surface area contributed by atoms with Crippen LogP contribution >= 0.6 is 0 Å². The standard InChI is InChI=1S/C19H30FN3O2/c1-19(2,12-14-7-9-23(10-8-14)18(25)21-3)22-13-17(24)15-5-4-6-16(20)11-15/h4-6,11,14,17,22,24H,7-10,12-13H2,1-3H3,(H,21,25)/t17-/m0/s1. The Balaban J connectivity index is 1.79. The number of piperidine rings is 1. The summed E-state index contributed by atoms with van der Waals surface area (Å²) in [4.78, 5) is 13.5. The summed E-state index contributed by atoms with van der Waals surface area (Å²) in [5.41, 5.74) is 0.455. The molecule has 1 fully saturated rings. The first-order valence-electron chi connectivity index (χ1n) is 8.96. The third-order valence-corrected chi connectivity index (χ3v) is 4.92. The van der Waals surface area contributed by atoms with Gasteiger partial charge in [0.25, 0.3) is 0 Å². The number of β-amino-alcohol motifs (C(OH)–C–C–N with tert-alkyl or cyclic N) is 1. The summed E-state index contributed by atoms with van der Waals surface area (Å²) < 4.78 is 13.3. The number of aliphatic hydroxyl groups is 1.